The Kier molecular flexibility index (Phi) is 4.99. The lowest BCUT2D eigenvalue weighted by molar-refractivity contribution is 0.412. The largest absolute Gasteiger partial charge is 0.496 e. The molecule has 0 saturated carbocycles. The van der Waals surface area contributed by atoms with Crippen molar-refractivity contribution in [3.8, 4) is 28.0 Å². The lowest BCUT2D eigenvalue weighted by Gasteiger charge is -2.14. The van der Waals surface area contributed by atoms with Gasteiger partial charge in [0.05, 0.1) is 12.0 Å². The van der Waals surface area contributed by atoms with E-state index in [-0.39, 0.29) is 4.90 Å². The zero-order valence-corrected chi connectivity index (χ0v) is 15.5. The van der Waals surface area contributed by atoms with Crippen LogP contribution < -0.4 is 9.88 Å². The summed E-state index contributed by atoms with van der Waals surface area (Å²) in [7, 11) is -2.31. The van der Waals surface area contributed by atoms with E-state index in [2.05, 4.69) is 0 Å². The van der Waals surface area contributed by atoms with E-state index in [1.807, 2.05) is 13.0 Å². The molecule has 0 saturated heterocycles. The molecule has 0 fully saturated rings. The number of sulfonamides is 1. The molecule has 3 aromatic carbocycles. The third kappa shape index (κ3) is 3.84. The zero-order chi connectivity index (χ0) is 19.8. The Labute approximate surface area is 156 Å². The topological polar surface area (TPSA) is 69.4 Å². The molecule has 4 nitrogen and oxygen atoms in total. The van der Waals surface area contributed by atoms with Crippen molar-refractivity contribution < 1.29 is 21.9 Å². The minimum absolute atomic E-state index is 0.0626. The maximum absolute atomic E-state index is 13.9. The minimum Gasteiger partial charge on any atom is -0.496 e. The number of rotatable bonds is 4. The van der Waals surface area contributed by atoms with Gasteiger partial charge in [0.2, 0.25) is 10.0 Å². The number of ether oxygens (including phenoxy) is 1. The van der Waals surface area contributed by atoms with Gasteiger partial charge in [-0.15, -0.1) is 0 Å². The van der Waals surface area contributed by atoms with Gasteiger partial charge in [0.25, 0.3) is 0 Å². The summed E-state index contributed by atoms with van der Waals surface area (Å²) in [6.45, 7) is 1.88. The quantitative estimate of drug-likeness (QED) is 0.725. The number of methoxy groups -OCH3 is 1. The highest BCUT2D eigenvalue weighted by atomic mass is 32.2. The first-order valence-electron chi connectivity index (χ1n) is 7.98. The van der Waals surface area contributed by atoms with Crippen LogP contribution in [0.5, 0.6) is 5.75 Å². The summed E-state index contributed by atoms with van der Waals surface area (Å²) >= 11 is 0. The van der Waals surface area contributed by atoms with Gasteiger partial charge in [0.1, 0.15) is 5.75 Å². The summed E-state index contributed by atoms with van der Waals surface area (Å²) in [4.78, 5) is -0.0626. The van der Waals surface area contributed by atoms with Gasteiger partial charge in [-0.25, -0.2) is 22.3 Å². The summed E-state index contributed by atoms with van der Waals surface area (Å²) in [5.41, 5.74) is 2.94. The number of benzene rings is 3. The normalized spacial score (nSPS) is 11.4. The van der Waals surface area contributed by atoms with Gasteiger partial charge >= 0.3 is 0 Å². The standard InChI is InChI=1S/C20H17F2NO3S/c1-12-3-4-14(9-20(12)26-2)17-11-19(22)18(21)10-16(17)13-5-7-15(8-6-13)27(23,24)25/h3-11H,1-2H3,(H2,23,24,25). The summed E-state index contributed by atoms with van der Waals surface area (Å²) in [5.74, 6) is -1.36. The molecule has 0 aromatic heterocycles. The van der Waals surface area contributed by atoms with Crippen molar-refractivity contribution in [2.24, 2.45) is 5.14 Å². The van der Waals surface area contributed by atoms with Crippen LogP contribution >= 0.6 is 0 Å². The highest BCUT2D eigenvalue weighted by Gasteiger charge is 2.15. The van der Waals surface area contributed by atoms with Gasteiger partial charge in [-0.2, -0.15) is 0 Å². The summed E-state index contributed by atoms with van der Waals surface area (Å²) in [5, 5.41) is 5.11. The van der Waals surface area contributed by atoms with Gasteiger partial charge in [-0.3, -0.25) is 0 Å². The Hall–Kier alpha value is -2.77. The van der Waals surface area contributed by atoms with Crippen LogP contribution in [0.2, 0.25) is 0 Å². The monoisotopic (exact) mass is 389 g/mol. The molecule has 0 aliphatic heterocycles. The van der Waals surface area contributed by atoms with E-state index in [4.69, 9.17) is 9.88 Å². The van der Waals surface area contributed by atoms with Crippen LogP contribution in [0.25, 0.3) is 22.3 Å². The smallest absolute Gasteiger partial charge is 0.238 e. The Bertz CT molecular complexity index is 1110. The van der Waals surface area contributed by atoms with Gasteiger partial charge in [0, 0.05) is 0 Å². The first-order valence-corrected chi connectivity index (χ1v) is 9.52. The molecule has 0 amide bonds. The molecular formula is C20H17F2NO3S. The molecule has 0 radical (unpaired) electrons. The minimum atomic E-state index is -3.84. The molecule has 0 atom stereocenters. The summed E-state index contributed by atoms with van der Waals surface area (Å²) in [6, 6.07) is 13.2. The second kappa shape index (κ2) is 7.09. The number of nitrogens with two attached hydrogens (primary N) is 1. The van der Waals surface area contributed by atoms with E-state index in [0.29, 0.717) is 28.0 Å². The van der Waals surface area contributed by atoms with Crippen LogP contribution in [-0.4, -0.2) is 15.5 Å². The van der Waals surface area contributed by atoms with Crippen molar-refractivity contribution in [3.05, 3.63) is 71.8 Å². The average molecular weight is 389 g/mol. The first-order chi connectivity index (χ1) is 12.7. The average Bonchev–Trinajstić information content (AvgIpc) is 2.63. The first kappa shape index (κ1) is 19.0. The maximum Gasteiger partial charge on any atom is 0.238 e. The molecule has 0 unspecified atom stereocenters. The number of primary sulfonamides is 1. The Morgan fingerprint density at radius 1 is 0.852 bits per heavy atom. The number of hydrogen-bond acceptors (Lipinski definition) is 3. The fourth-order valence-electron chi connectivity index (χ4n) is 2.84. The fourth-order valence-corrected chi connectivity index (χ4v) is 3.35. The molecule has 0 aliphatic carbocycles. The third-order valence-corrected chi connectivity index (χ3v) is 5.20. The molecule has 0 bridgehead atoms. The number of aryl methyl sites for hydroxylation is 1. The molecule has 27 heavy (non-hydrogen) atoms. The van der Waals surface area contributed by atoms with Gasteiger partial charge < -0.3 is 4.74 Å². The fraction of sp³-hybridized carbons (Fsp3) is 0.100. The van der Waals surface area contributed by atoms with E-state index in [1.54, 1.807) is 12.1 Å². The van der Waals surface area contributed by atoms with Crippen LogP contribution in [0, 0.1) is 18.6 Å². The van der Waals surface area contributed by atoms with Gasteiger partial charge in [0.15, 0.2) is 11.6 Å². The predicted molar refractivity (Wildman–Crippen MR) is 99.9 cm³/mol. The van der Waals surface area contributed by atoms with Crippen LogP contribution in [0.1, 0.15) is 5.56 Å². The van der Waals surface area contributed by atoms with Gasteiger partial charge in [-0.05, 0) is 65.1 Å². The van der Waals surface area contributed by atoms with Crippen molar-refractivity contribution in [2.45, 2.75) is 11.8 Å². The third-order valence-electron chi connectivity index (χ3n) is 4.27. The Morgan fingerprint density at radius 2 is 1.37 bits per heavy atom. The van der Waals surface area contributed by atoms with Gasteiger partial charge in [-0.1, -0.05) is 24.3 Å². The highest BCUT2D eigenvalue weighted by Crippen LogP contribution is 2.36. The maximum atomic E-state index is 13.9. The lowest BCUT2D eigenvalue weighted by Crippen LogP contribution is -2.11. The SMILES string of the molecule is COc1cc(-c2cc(F)c(F)cc2-c2ccc(S(N)(=O)=O)cc2)ccc1C. The van der Waals surface area contributed by atoms with E-state index in [0.717, 1.165) is 17.7 Å². The van der Waals surface area contributed by atoms with Crippen molar-refractivity contribution in [2.75, 3.05) is 7.11 Å². The molecule has 3 rings (SSSR count). The van der Waals surface area contributed by atoms with Crippen molar-refractivity contribution >= 4 is 10.0 Å². The molecular weight excluding hydrogens is 372 g/mol. The van der Waals surface area contributed by atoms with Crippen molar-refractivity contribution in [1.29, 1.82) is 0 Å². The van der Waals surface area contributed by atoms with E-state index >= 15 is 0 Å². The molecule has 0 spiro atoms. The summed E-state index contributed by atoms with van der Waals surface area (Å²) in [6.07, 6.45) is 0. The van der Waals surface area contributed by atoms with Crippen LogP contribution in [0.4, 0.5) is 8.78 Å². The van der Waals surface area contributed by atoms with Crippen LogP contribution in [-0.2, 0) is 10.0 Å². The highest BCUT2D eigenvalue weighted by molar-refractivity contribution is 7.89. The second-order valence-corrected chi connectivity index (χ2v) is 7.63. The van der Waals surface area contributed by atoms with Crippen molar-refractivity contribution in [1.82, 2.24) is 0 Å². The van der Waals surface area contributed by atoms with Crippen molar-refractivity contribution in [3.63, 3.8) is 0 Å². The van der Waals surface area contributed by atoms with E-state index in [1.165, 1.54) is 31.4 Å². The van der Waals surface area contributed by atoms with E-state index in [9.17, 15) is 17.2 Å². The van der Waals surface area contributed by atoms with Crippen LogP contribution in [0.3, 0.4) is 0 Å². The molecule has 2 N–H and O–H groups in total. The lowest BCUT2D eigenvalue weighted by atomic mass is 9.93. The number of halogens is 2. The molecule has 3 aromatic rings. The van der Waals surface area contributed by atoms with E-state index < -0.39 is 21.7 Å². The molecule has 7 heteroatoms. The van der Waals surface area contributed by atoms with Crippen LogP contribution in [0.15, 0.2) is 59.5 Å². The molecule has 0 aliphatic rings. The number of hydrogen-bond donors (Lipinski definition) is 1. The summed E-state index contributed by atoms with van der Waals surface area (Å²) < 4.78 is 56.0. The molecule has 0 heterocycles. The zero-order valence-electron chi connectivity index (χ0n) is 14.7. The Morgan fingerprint density at radius 3 is 1.89 bits per heavy atom. The Balaban J connectivity index is 2.20. The predicted octanol–water partition coefficient (Wildman–Crippen LogP) is 4.26. The second-order valence-electron chi connectivity index (χ2n) is 6.07. The molecule has 140 valence electrons.